The van der Waals surface area contributed by atoms with Crippen molar-refractivity contribution in [3.8, 4) is 0 Å². The minimum atomic E-state index is -3.81. The molecule has 130 valence electrons. The molecular weight excluding hydrogens is 340 g/mol. The first-order chi connectivity index (χ1) is 11.9. The Labute approximate surface area is 146 Å². The number of carbonyl (C=O) groups is 2. The van der Waals surface area contributed by atoms with Crippen molar-refractivity contribution in [2.75, 3.05) is 18.0 Å². The van der Waals surface area contributed by atoms with Gasteiger partial charge < -0.3 is 4.90 Å². The van der Waals surface area contributed by atoms with Gasteiger partial charge in [-0.25, -0.2) is 13.1 Å². The van der Waals surface area contributed by atoms with Crippen LogP contribution in [0.15, 0.2) is 53.4 Å². The molecule has 1 N–H and O–H groups in total. The highest BCUT2D eigenvalue weighted by atomic mass is 32.2. The summed E-state index contributed by atoms with van der Waals surface area (Å²) < 4.78 is 27.0. The SMILES string of the molecule is CC(=O)c1ccc(S(=O)(=O)NCC(=O)N2CCc3ccccc32)cc1. The topological polar surface area (TPSA) is 83.5 Å². The van der Waals surface area contributed by atoms with E-state index in [-0.39, 0.29) is 23.1 Å². The normalized spacial score (nSPS) is 13.6. The van der Waals surface area contributed by atoms with E-state index in [0.29, 0.717) is 12.1 Å². The molecule has 0 unspecified atom stereocenters. The summed E-state index contributed by atoms with van der Waals surface area (Å²) in [6.45, 7) is 1.65. The van der Waals surface area contributed by atoms with Crippen molar-refractivity contribution in [1.82, 2.24) is 4.72 Å². The lowest BCUT2D eigenvalue weighted by atomic mass is 10.2. The molecule has 7 heteroatoms. The standard InChI is InChI=1S/C18H18N2O4S/c1-13(21)14-6-8-16(9-7-14)25(23,24)19-12-18(22)20-11-10-15-4-2-3-5-17(15)20/h2-9,19H,10-12H2,1H3. The molecule has 1 aliphatic heterocycles. The largest absolute Gasteiger partial charge is 0.311 e. The Morgan fingerprint density at radius 3 is 2.44 bits per heavy atom. The molecular formula is C18H18N2O4S. The van der Waals surface area contributed by atoms with Crippen LogP contribution in [0.2, 0.25) is 0 Å². The Morgan fingerprint density at radius 1 is 1.08 bits per heavy atom. The highest BCUT2D eigenvalue weighted by Gasteiger charge is 2.25. The lowest BCUT2D eigenvalue weighted by molar-refractivity contribution is -0.117. The van der Waals surface area contributed by atoms with Crippen molar-refractivity contribution >= 4 is 27.4 Å². The summed E-state index contributed by atoms with van der Waals surface area (Å²) in [5.74, 6) is -0.436. The van der Waals surface area contributed by atoms with Crippen molar-refractivity contribution in [2.45, 2.75) is 18.2 Å². The van der Waals surface area contributed by atoms with Gasteiger partial charge in [0.25, 0.3) is 0 Å². The third kappa shape index (κ3) is 3.62. The number of sulfonamides is 1. The number of hydrogen-bond acceptors (Lipinski definition) is 4. The fourth-order valence-electron chi connectivity index (χ4n) is 2.80. The number of para-hydroxylation sites is 1. The molecule has 0 fully saturated rings. The smallest absolute Gasteiger partial charge is 0.242 e. The number of ketones is 1. The Hall–Kier alpha value is -2.51. The zero-order valence-corrected chi connectivity index (χ0v) is 14.5. The van der Waals surface area contributed by atoms with Crippen LogP contribution in [-0.4, -0.2) is 33.2 Å². The summed E-state index contributed by atoms with van der Waals surface area (Å²) in [5, 5.41) is 0. The maximum Gasteiger partial charge on any atom is 0.242 e. The van der Waals surface area contributed by atoms with Gasteiger partial charge in [0.05, 0.1) is 11.4 Å². The van der Waals surface area contributed by atoms with Crippen LogP contribution in [0.5, 0.6) is 0 Å². The maximum atomic E-state index is 12.4. The average Bonchev–Trinajstić information content (AvgIpc) is 3.04. The fourth-order valence-corrected chi connectivity index (χ4v) is 3.78. The molecule has 0 bridgehead atoms. The molecule has 1 amide bonds. The number of fused-ring (bicyclic) bond motifs is 1. The molecule has 0 aromatic heterocycles. The minimum Gasteiger partial charge on any atom is -0.311 e. The van der Waals surface area contributed by atoms with E-state index in [0.717, 1.165) is 17.7 Å². The van der Waals surface area contributed by atoms with Crippen LogP contribution < -0.4 is 9.62 Å². The quantitative estimate of drug-likeness (QED) is 0.826. The monoisotopic (exact) mass is 358 g/mol. The number of hydrogen-bond donors (Lipinski definition) is 1. The van der Waals surface area contributed by atoms with Gasteiger partial charge in [-0.15, -0.1) is 0 Å². The predicted octanol–water partition coefficient (Wildman–Crippen LogP) is 1.76. The summed E-state index contributed by atoms with van der Waals surface area (Å²) in [6.07, 6.45) is 0.765. The number of carbonyl (C=O) groups excluding carboxylic acids is 2. The fraction of sp³-hybridized carbons (Fsp3) is 0.222. The molecule has 3 rings (SSSR count). The van der Waals surface area contributed by atoms with E-state index in [1.807, 2.05) is 24.3 Å². The second-order valence-corrected chi connectivity index (χ2v) is 7.60. The van der Waals surface area contributed by atoms with Gasteiger partial charge in [0.15, 0.2) is 5.78 Å². The van der Waals surface area contributed by atoms with Crippen LogP contribution in [0, 0.1) is 0 Å². The minimum absolute atomic E-state index is 0.0205. The number of Topliss-reactive ketones (excluding diaryl/α,β-unsaturated/α-hetero) is 1. The van der Waals surface area contributed by atoms with Crippen LogP contribution in [0.1, 0.15) is 22.8 Å². The molecule has 0 atom stereocenters. The van der Waals surface area contributed by atoms with Crippen LogP contribution in [0.3, 0.4) is 0 Å². The van der Waals surface area contributed by atoms with Gasteiger partial charge in [-0.05, 0) is 37.1 Å². The average molecular weight is 358 g/mol. The number of amides is 1. The zero-order valence-electron chi connectivity index (χ0n) is 13.7. The lowest BCUT2D eigenvalue weighted by Crippen LogP contribution is -2.39. The lowest BCUT2D eigenvalue weighted by Gasteiger charge is -2.17. The zero-order chi connectivity index (χ0) is 18.0. The van der Waals surface area contributed by atoms with Gasteiger partial charge in [0.2, 0.25) is 15.9 Å². The van der Waals surface area contributed by atoms with Crippen molar-refractivity contribution in [1.29, 1.82) is 0 Å². The predicted molar refractivity (Wildman–Crippen MR) is 94.1 cm³/mol. The van der Waals surface area contributed by atoms with Gasteiger partial charge in [0, 0.05) is 17.8 Å². The van der Waals surface area contributed by atoms with E-state index in [2.05, 4.69) is 4.72 Å². The van der Waals surface area contributed by atoms with E-state index >= 15 is 0 Å². The number of nitrogens with one attached hydrogen (secondary N) is 1. The van der Waals surface area contributed by atoms with Gasteiger partial charge >= 0.3 is 0 Å². The Balaban J connectivity index is 1.68. The molecule has 0 saturated carbocycles. The Morgan fingerprint density at radius 2 is 1.76 bits per heavy atom. The summed E-state index contributed by atoms with van der Waals surface area (Å²) in [4.78, 5) is 25.3. The Bertz CT molecular complexity index is 920. The van der Waals surface area contributed by atoms with Crippen molar-refractivity contribution in [3.63, 3.8) is 0 Å². The van der Waals surface area contributed by atoms with E-state index in [1.165, 1.54) is 31.2 Å². The first kappa shape index (κ1) is 17.3. The second kappa shape index (κ2) is 6.78. The summed E-state index contributed by atoms with van der Waals surface area (Å²) >= 11 is 0. The number of benzene rings is 2. The first-order valence-electron chi connectivity index (χ1n) is 7.87. The van der Waals surface area contributed by atoms with Gasteiger partial charge in [0.1, 0.15) is 0 Å². The molecule has 2 aromatic carbocycles. The summed E-state index contributed by atoms with van der Waals surface area (Å²) in [6, 6.07) is 13.2. The molecule has 0 aliphatic carbocycles. The molecule has 0 spiro atoms. The van der Waals surface area contributed by atoms with Gasteiger partial charge in [-0.1, -0.05) is 30.3 Å². The van der Waals surface area contributed by atoms with E-state index < -0.39 is 10.0 Å². The molecule has 25 heavy (non-hydrogen) atoms. The van der Waals surface area contributed by atoms with Crippen LogP contribution >= 0.6 is 0 Å². The van der Waals surface area contributed by atoms with Gasteiger partial charge in [-0.2, -0.15) is 0 Å². The number of anilines is 1. The first-order valence-corrected chi connectivity index (χ1v) is 9.36. The molecule has 6 nitrogen and oxygen atoms in total. The molecule has 0 saturated heterocycles. The number of nitrogens with zero attached hydrogens (tertiary/aromatic N) is 1. The van der Waals surface area contributed by atoms with Crippen LogP contribution in [0.4, 0.5) is 5.69 Å². The van der Waals surface area contributed by atoms with Crippen molar-refractivity contribution in [2.24, 2.45) is 0 Å². The van der Waals surface area contributed by atoms with E-state index in [4.69, 9.17) is 0 Å². The third-order valence-corrected chi connectivity index (χ3v) is 5.59. The highest BCUT2D eigenvalue weighted by Crippen LogP contribution is 2.27. The van der Waals surface area contributed by atoms with Gasteiger partial charge in [-0.3, -0.25) is 9.59 Å². The second-order valence-electron chi connectivity index (χ2n) is 5.83. The number of rotatable bonds is 5. The molecule has 0 radical (unpaired) electrons. The molecule has 2 aromatic rings. The van der Waals surface area contributed by atoms with Crippen molar-refractivity contribution < 1.29 is 18.0 Å². The Kier molecular flexibility index (Phi) is 4.69. The van der Waals surface area contributed by atoms with Crippen LogP contribution in [-0.2, 0) is 21.2 Å². The van der Waals surface area contributed by atoms with E-state index in [1.54, 1.807) is 4.90 Å². The summed E-state index contributed by atoms with van der Waals surface area (Å²) in [5.41, 5.74) is 2.35. The highest BCUT2D eigenvalue weighted by molar-refractivity contribution is 7.89. The summed E-state index contributed by atoms with van der Waals surface area (Å²) in [7, 11) is -3.81. The van der Waals surface area contributed by atoms with Crippen LogP contribution in [0.25, 0.3) is 0 Å². The third-order valence-electron chi connectivity index (χ3n) is 4.17. The maximum absolute atomic E-state index is 12.4. The van der Waals surface area contributed by atoms with Crippen molar-refractivity contribution in [3.05, 3.63) is 59.7 Å². The molecule has 1 aliphatic rings. The molecule has 1 heterocycles. The van der Waals surface area contributed by atoms with E-state index in [9.17, 15) is 18.0 Å².